The van der Waals surface area contributed by atoms with Gasteiger partial charge in [0.25, 0.3) is 11.8 Å². The van der Waals surface area contributed by atoms with Crippen molar-refractivity contribution in [1.82, 2.24) is 4.90 Å². The average Bonchev–Trinajstić information content (AvgIpc) is 3.44. The Bertz CT molecular complexity index is 1130. The van der Waals surface area contributed by atoms with Crippen molar-refractivity contribution in [1.29, 1.82) is 0 Å². The highest BCUT2D eigenvalue weighted by Crippen LogP contribution is 2.35. The Morgan fingerprint density at radius 3 is 2.77 bits per heavy atom. The second kappa shape index (κ2) is 11.7. The van der Waals surface area contributed by atoms with Crippen LogP contribution in [0.25, 0.3) is 6.08 Å². The third kappa shape index (κ3) is 6.59. The Hall–Kier alpha value is -2.95. The molecule has 2 aromatic rings. The predicted molar refractivity (Wildman–Crippen MR) is 137 cm³/mol. The van der Waals surface area contributed by atoms with Crippen molar-refractivity contribution in [2.75, 3.05) is 31.7 Å². The Labute approximate surface area is 212 Å². The van der Waals surface area contributed by atoms with Gasteiger partial charge in [-0.2, -0.15) is 0 Å². The van der Waals surface area contributed by atoms with Crippen molar-refractivity contribution in [2.24, 2.45) is 0 Å². The molecule has 0 radical (unpaired) electrons. The number of hydrogen-bond donors (Lipinski definition) is 1. The molecular weight excluding hydrogens is 491 g/mol. The molecule has 2 heterocycles. The van der Waals surface area contributed by atoms with Crippen LogP contribution in [0.15, 0.2) is 47.4 Å². The van der Waals surface area contributed by atoms with Gasteiger partial charge >= 0.3 is 0 Å². The number of thioether (sulfide) groups is 1. The highest BCUT2D eigenvalue weighted by atomic mass is 32.2. The minimum absolute atomic E-state index is 0.0260. The molecule has 7 nitrogen and oxygen atoms in total. The van der Waals surface area contributed by atoms with Crippen molar-refractivity contribution in [3.8, 4) is 11.5 Å². The molecule has 4 rings (SSSR count). The maximum Gasteiger partial charge on any atom is 0.266 e. The molecule has 0 saturated carbocycles. The summed E-state index contributed by atoms with van der Waals surface area (Å²) < 4.78 is 30.5. The number of rotatable bonds is 9. The maximum atomic E-state index is 13.0. The van der Waals surface area contributed by atoms with Crippen LogP contribution in [-0.4, -0.2) is 53.5 Å². The molecule has 2 aromatic carbocycles. The molecule has 10 heteroatoms. The van der Waals surface area contributed by atoms with E-state index in [2.05, 4.69) is 5.32 Å². The van der Waals surface area contributed by atoms with Crippen LogP contribution in [0.1, 0.15) is 25.3 Å². The van der Waals surface area contributed by atoms with E-state index in [1.165, 1.54) is 36.0 Å². The number of ether oxygens (including phenoxy) is 3. The molecule has 0 aliphatic carbocycles. The van der Waals surface area contributed by atoms with Gasteiger partial charge in [0.15, 0.2) is 18.1 Å². The molecule has 1 N–H and O–H groups in total. The number of amides is 2. The number of hydrogen-bond acceptors (Lipinski definition) is 7. The molecule has 0 unspecified atom stereocenters. The SMILES string of the molecule is CCOc1cc(/C=C2\SC(=S)N(C[C@@H]3CCCO3)C2=O)ccc1OCC(=O)Nc1ccc(F)cc1. The summed E-state index contributed by atoms with van der Waals surface area (Å²) in [6.45, 7) is 3.18. The Morgan fingerprint density at radius 2 is 2.06 bits per heavy atom. The molecule has 2 aliphatic rings. The lowest BCUT2D eigenvalue weighted by Gasteiger charge is -2.18. The summed E-state index contributed by atoms with van der Waals surface area (Å²) in [4.78, 5) is 27.2. The molecule has 1 atom stereocenters. The molecule has 35 heavy (non-hydrogen) atoms. The van der Waals surface area contributed by atoms with E-state index in [-0.39, 0.29) is 24.4 Å². The summed E-state index contributed by atoms with van der Waals surface area (Å²) >= 11 is 6.68. The zero-order chi connectivity index (χ0) is 24.8. The average molecular weight is 517 g/mol. The number of nitrogens with one attached hydrogen (secondary N) is 1. The number of carbonyl (C=O) groups excluding carboxylic acids is 2. The fraction of sp³-hybridized carbons (Fsp3) is 0.320. The van der Waals surface area contributed by atoms with Crippen LogP contribution in [0.5, 0.6) is 11.5 Å². The number of benzene rings is 2. The summed E-state index contributed by atoms with van der Waals surface area (Å²) in [5.74, 6) is -0.0649. The first-order chi connectivity index (χ1) is 16.9. The molecule has 0 bridgehead atoms. The van der Waals surface area contributed by atoms with E-state index in [1.807, 2.05) is 6.92 Å². The van der Waals surface area contributed by atoms with Crippen LogP contribution in [0.4, 0.5) is 10.1 Å². The Kier molecular flexibility index (Phi) is 8.37. The minimum atomic E-state index is -0.391. The first-order valence-corrected chi connectivity index (χ1v) is 12.5. The molecule has 184 valence electrons. The summed E-state index contributed by atoms with van der Waals surface area (Å²) in [7, 11) is 0. The number of anilines is 1. The van der Waals surface area contributed by atoms with E-state index in [9.17, 15) is 14.0 Å². The summed E-state index contributed by atoms with van der Waals surface area (Å²) in [5.41, 5.74) is 1.21. The fourth-order valence-electron chi connectivity index (χ4n) is 3.68. The van der Waals surface area contributed by atoms with Crippen LogP contribution in [-0.2, 0) is 14.3 Å². The first-order valence-electron chi connectivity index (χ1n) is 11.2. The Balaban J connectivity index is 1.41. The topological polar surface area (TPSA) is 77.1 Å². The lowest BCUT2D eigenvalue weighted by molar-refractivity contribution is -0.123. The van der Waals surface area contributed by atoms with E-state index in [4.69, 9.17) is 26.4 Å². The second-order valence-electron chi connectivity index (χ2n) is 7.91. The zero-order valence-electron chi connectivity index (χ0n) is 19.1. The van der Waals surface area contributed by atoms with Crippen LogP contribution < -0.4 is 14.8 Å². The van der Waals surface area contributed by atoms with Gasteiger partial charge in [-0.25, -0.2) is 4.39 Å². The van der Waals surface area contributed by atoms with Gasteiger partial charge < -0.3 is 19.5 Å². The third-order valence-electron chi connectivity index (χ3n) is 5.34. The lowest BCUT2D eigenvalue weighted by Crippen LogP contribution is -2.35. The van der Waals surface area contributed by atoms with E-state index < -0.39 is 5.91 Å². The summed E-state index contributed by atoms with van der Waals surface area (Å²) in [6, 6.07) is 10.7. The third-order valence-corrected chi connectivity index (χ3v) is 6.71. The van der Waals surface area contributed by atoms with Gasteiger partial charge in [-0.05, 0) is 67.8 Å². The van der Waals surface area contributed by atoms with Gasteiger partial charge in [-0.3, -0.25) is 14.5 Å². The van der Waals surface area contributed by atoms with E-state index in [0.29, 0.717) is 39.6 Å². The van der Waals surface area contributed by atoms with E-state index in [1.54, 1.807) is 29.2 Å². The van der Waals surface area contributed by atoms with Crippen molar-refractivity contribution >= 4 is 51.9 Å². The van der Waals surface area contributed by atoms with E-state index in [0.717, 1.165) is 25.0 Å². The number of nitrogens with zero attached hydrogens (tertiary/aromatic N) is 1. The van der Waals surface area contributed by atoms with Crippen molar-refractivity contribution in [2.45, 2.75) is 25.9 Å². The summed E-state index contributed by atoms with van der Waals surface area (Å²) in [5, 5.41) is 2.64. The highest BCUT2D eigenvalue weighted by Gasteiger charge is 2.34. The van der Waals surface area contributed by atoms with Crippen LogP contribution >= 0.6 is 24.0 Å². The zero-order valence-corrected chi connectivity index (χ0v) is 20.8. The molecule has 2 saturated heterocycles. The maximum absolute atomic E-state index is 13.0. The van der Waals surface area contributed by atoms with Gasteiger partial charge in [0, 0.05) is 12.3 Å². The van der Waals surface area contributed by atoms with Gasteiger partial charge in [0.1, 0.15) is 10.1 Å². The Morgan fingerprint density at radius 1 is 1.26 bits per heavy atom. The molecule has 2 fully saturated rings. The van der Waals surface area contributed by atoms with Crippen molar-refractivity contribution in [3.05, 3.63) is 58.8 Å². The quantitative estimate of drug-likeness (QED) is 0.385. The predicted octanol–water partition coefficient (Wildman–Crippen LogP) is 4.62. The highest BCUT2D eigenvalue weighted by molar-refractivity contribution is 8.26. The van der Waals surface area contributed by atoms with E-state index >= 15 is 0 Å². The number of thiocarbonyl (C=S) groups is 1. The monoisotopic (exact) mass is 516 g/mol. The molecular formula is C25H25FN2O5S2. The standard InChI is InChI=1S/C25H25FN2O5S2/c1-2-31-21-12-16(13-22-24(30)28(25(34)35-22)14-19-4-3-11-32-19)5-10-20(21)33-15-23(29)27-18-8-6-17(26)7-9-18/h5-10,12-13,19H,2-4,11,14-15H2,1H3,(H,27,29)/b22-13-/t19-/m0/s1. The molecule has 0 spiro atoms. The van der Waals surface area contributed by atoms with Crippen molar-refractivity contribution < 1.29 is 28.2 Å². The normalized spacial score (nSPS) is 18.9. The summed E-state index contributed by atoms with van der Waals surface area (Å²) in [6.07, 6.45) is 3.72. The second-order valence-corrected chi connectivity index (χ2v) is 9.59. The van der Waals surface area contributed by atoms with Crippen LogP contribution in [0, 0.1) is 5.82 Å². The fourth-order valence-corrected chi connectivity index (χ4v) is 4.95. The largest absolute Gasteiger partial charge is 0.490 e. The number of halogens is 1. The van der Waals surface area contributed by atoms with Gasteiger partial charge in [-0.15, -0.1) is 0 Å². The molecule has 0 aromatic heterocycles. The lowest BCUT2D eigenvalue weighted by atomic mass is 10.1. The van der Waals surface area contributed by atoms with Crippen LogP contribution in [0.2, 0.25) is 0 Å². The number of carbonyl (C=O) groups is 2. The first kappa shape index (κ1) is 25.2. The van der Waals surface area contributed by atoms with Crippen molar-refractivity contribution in [3.63, 3.8) is 0 Å². The smallest absolute Gasteiger partial charge is 0.266 e. The van der Waals surface area contributed by atoms with Gasteiger partial charge in [0.2, 0.25) is 0 Å². The van der Waals surface area contributed by atoms with Crippen LogP contribution in [0.3, 0.4) is 0 Å². The van der Waals surface area contributed by atoms with Gasteiger partial charge in [0.05, 0.1) is 24.2 Å². The molecule has 2 amide bonds. The minimum Gasteiger partial charge on any atom is -0.490 e. The molecule has 2 aliphatic heterocycles. The van der Waals surface area contributed by atoms with Gasteiger partial charge in [-0.1, -0.05) is 30.0 Å².